The van der Waals surface area contributed by atoms with Crippen molar-refractivity contribution in [3.05, 3.63) is 34.9 Å². The van der Waals surface area contributed by atoms with Gasteiger partial charge in [0.05, 0.1) is 10.6 Å². The van der Waals surface area contributed by atoms with E-state index < -0.39 is 0 Å². The zero-order valence-electron chi connectivity index (χ0n) is 8.96. The minimum absolute atomic E-state index is 0.123. The molecule has 0 unspecified atom stereocenters. The first kappa shape index (κ1) is 12.0. The summed E-state index contributed by atoms with van der Waals surface area (Å²) in [7, 11) is 3.92. The van der Waals surface area contributed by atoms with Crippen LogP contribution in [0.5, 0.6) is 0 Å². The molecule has 0 aliphatic rings. The quantitative estimate of drug-likeness (QED) is 0.847. The first-order chi connectivity index (χ1) is 7.11. The van der Waals surface area contributed by atoms with Crippen LogP contribution >= 0.6 is 11.6 Å². The normalized spacial score (nSPS) is 10.4. The highest BCUT2D eigenvalue weighted by molar-refractivity contribution is 6.33. The molecule has 1 aromatic carbocycles. The standard InChI is InChI=1S/C11H15ClN2O/c1-14(2)8-7-13-11(15)9-5-3-4-6-10(9)12/h3-6H,7-8H2,1-2H3,(H,13,15). The number of nitrogens with one attached hydrogen (secondary N) is 1. The molecule has 0 atom stereocenters. The molecule has 1 aromatic rings. The van der Waals surface area contributed by atoms with E-state index in [0.717, 1.165) is 6.54 Å². The molecule has 0 heterocycles. The van der Waals surface area contributed by atoms with Crippen molar-refractivity contribution in [3.63, 3.8) is 0 Å². The third-order valence-corrected chi connectivity index (χ3v) is 2.29. The second-order valence-corrected chi connectivity index (χ2v) is 3.95. The van der Waals surface area contributed by atoms with Gasteiger partial charge in [0.25, 0.3) is 5.91 Å². The van der Waals surface area contributed by atoms with Crippen molar-refractivity contribution in [2.45, 2.75) is 0 Å². The Labute approximate surface area is 95.0 Å². The number of benzene rings is 1. The Balaban J connectivity index is 2.51. The van der Waals surface area contributed by atoms with Crippen LogP contribution in [0.4, 0.5) is 0 Å². The van der Waals surface area contributed by atoms with Crippen molar-refractivity contribution >= 4 is 17.5 Å². The van der Waals surface area contributed by atoms with Crippen LogP contribution in [0.15, 0.2) is 24.3 Å². The van der Waals surface area contributed by atoms with E-state index in [0.29, 0.717) is 17.1 Å². The van der Waals surface area contributed by atoms with E-state index in [9.17, 15) is 4.79 Å². The molecule has 1 N–H and O–H groups in total. The summed E-state index contributed by atoms with van der Waals surface area (Å²) < 4.78 is 0. The topological polar surface area (TPSA) is 32.3 Å². The Morgan fingerprint density at radius 2 is 2.07 bits per heavy atom. The van der Waals surface area contributed by atoms with E-state index in [1.165, 1.54) is 0 Å². The van der Waals surface area contributed by atoms with Gasteiger partial charge in [-0.3, -0.25) is 4.79 Å². The van der Waals surface area contributed by atoms with Crippen molar-refractivity contribution in [1.29, 1.82) is 0 Å². The summed E-state index contributed by atoms with van der Waals surface area (Å²) in [6.45, 7) is 1.44. The number of nitrogens with zero attached hydrogens (tertiary/aromatic N) is 1. The lowest BCUT2D eigenvalue weighted by Gasteiger charge is -2.10. The number of likely N-dealkylation sites (N-methyl/N-ethyl adjacent to an activating group) is 1. The summed E-state index contributed by atoms with van der Waals surface area (Å²) in [6, 6.07) is 7.03. The number of hydrogen-bond donors (Lipinski definition) is 1. The predicted octanol–water partition coefficient (Wildman–Crippen LogP) is 1.63. The van der Waals surface area contributed by atoms with E-state index >= 15 is 0 Å². The van der Waals surface area contributed by atoms with Gasteiger partial charge in [-0.1, -0.05) is 23.7 Å². The van der Waals surface area contributed by atoms with Crippen molar-refractivity contribution in [2.75, 3.05) is 27.2 Å². The first-order valence-corrected chi connectivity index (χ1v) is 5.16. The molecule has 0 saturated heterocycles. The van der Waals surface area contributed by atoms with Gasteiger partial charge in [0.1, 0.15) is 0 Å². The van der Waals surface area contributed by atoms with Gasteiger partial charge < -0.3 is 10.2 Å². The number of carbonyl (C=O) groups is 1. The molecule has 82 valence electrons. The summed E-state index contributed by atoms with van der Waals surface area (Å²) >= 11 is 5.89. The molecule has 0 radical (unpaired) electrons. The summed E-state index contributed by atoms with van der Waals surface area (Å²) in [6.07, 6.45) is 0. The molecule has 0 spiro atoms. The molecule has 0 bridgehead atoms. The van der Waals surface area contributed by atoms with Crippen molar-refractivity contribution in [1.82, 2.24) is 10.2 Å². The molecule has 0 saturated carbocycles. The second-order valence-electron chi connectivity index (χ2n) is 3.54. The minimum atomic E-state index is -0.123. The predicted molar refractivity (Wildman–Crippen MR) is 62.3 cm³/mol. The van der Waals surface area contributed by atoms with Crippen LogP contribution in [0, 0.1) is 0 Å². The highest BCUT2D eigenvalue weighted by Crippen LogP contribution is 2.14. The summed E-state index contributed by atoms with van der Waals surface area (Å²) in [5.74, 6) is -0.123. The van der Waals surface area contributed by atoms with Crippen molar-refractivity contribution in [3.8, 4) is 0 Å². The second kappa shape index (κ2) is 5.73. The fourth-order valence-electron chi connectivity index (χ4n) is 1.13. The van der Waals surface area contributed by atoms with Gasteiger partial charge >= 0.3 is 0 Å². The maximum Gasteiger partial charge on any atom is 0.252 e. The largest absolute Gasteiger partial charge is 0.351 e. The lowest BCUT2D eigenvalue weighted by molar-refractivity contribution is 0.0951. The number of carbonyl (C=O) groups excluding carboxylic acids is 1. The van der Waals surface area contributed by atoms with Gasteiger partial charge in [-0.05, 0) is 26.2 Å². The third kappa shape index (κ3) is 3.90. The van der Waals surface area contributed by atoms with E-state index in [-0.39, 0.29) is 5.91 Å². The van der Waals surface area contributed by atoms with Crippen LogP contribution in [-0.4, -0.2) is 38.0 Å². The van der Waals surface area contributed by atoms with E-state index in [1.54, 1.807) is 24.3 Å². The van der Waals surface area contributed by atoms with Gasteiger partial charge in [0.15, 0.2) is 0 Å². The molecule has 0 aliphatic heterocycles. The average Bonchev–Trinajstić information content (AvgIpc) is 2.17. The van der Waals surface area contributed by atoms with Crippen LogP contribution in [0.3, 0.4) is 0 Å². The van der Waals surface area contributed by atoms with Gasteiger partial charge in [-0.15, -0.1) is 0 Å². The highest BCUT2D eigenvalue weighted by atomic mass is 35.5. The zero-order chi connectivity index (χ0) is 11.3. The molecule has 4 heteroatoms. The number of hydrogen-bond acceptors (Lipinski definition) is 2. The van der Waals surface area contributed by atoms with Gasteiger partial charge in [-0.25, -0.2) is 0 Å². The molecule has 0 aliphatic carbocycles. The van der Waals surface area contributed by atoms with Crippen molar-refractivity contribution < 1.29 is 4.79 Å². The summed E-state index contributed by atoms with van der Waals surface area (Å²) in [4.78, 5) is 13.6. The monoisotopic (exact) mass is 226 g/mol. The van der Waals surface area contributed by atoms with Crippen LogP contribution in [0.1, 0.15) is 10.4 Å². The Morgan fingerprint density at radius 1 is 1.40 bits per heavy atom. The maximum absolute atomic E-state index is 11.6. The molecule has 0 aromatic heterocycles. The van der Waals surface area contributed by atoms with Crippen LogP contribution < -0.4 is 5.32 Å². The fourth-order valence-corrected chi connectivity index (χ4v) is 1.36. The van der Waals surface area contributed by atoms with E-state index in [1.807, 2.05) is 19.0 Å². The Hall–Kier alpha value is -1.06. The highest BCUT2D eigenvalue weighted by Gasteiger charge is 2.07. The third-order valence-electron chi connectivity index (χ3n) is 1.96. The van der Waals surface area contributed by atoms with Crippen LogP contribution in [-0.2, 0) is 0 Å². The van der Waals surface area contributed by atoms with Crippen LogP contribution in [0.25, 0.3) is 0 Å². The van der Waals surface area contributed by atoms with Gasteiger partial charge in [0.2, 0.25) is 0 Å². The maximum atomic E-state index is 11.6. The molecule has 15 heavy (non-hydrogen) atoms. The first-order valence-electron chi connectivity index (χ1n) is 4.78. The zero-order valence-corrected chi connectivity index (χ0v) is 9.71. The van der Waals surface area contributed by atoms with E-state index in [2.05, 4.69) is 5.32 Å². The Morgan fingerprint density at radius 3 is 2.67 bits per heavy atom. The molecule has 0 fully saturated rings. The molecule has 3 nitrogen and oxygen atoms in total. The average molecular weight is 227 g/mol. The molecule has 1 rings (SSSR count). The van der Waals surface area contributed by atoms with E-state index in [4.69, 9.17) is 11.6 Å². The lowest BCUT2D eigenvalue weighted by atomic mass is 10.2. The number of amides is 1. The van der Waals surface area contributed by atoms with Gasteiger partial charge in [-0.2, -0.15) is 0 Å². The lowest BCUT2D eigenvalue weighted by Crippen LogP contribution is -2.31. The molecule has 1 amide bonds. The Kier molecular flexibility index (Phi) is 4.59. The van der Waals surface area contributed by atoms with Crippen LogP contribution in [0.2, 0.25) is 5.02 Å². The molecular formula is C11H15ClN2O. The van der Waals surface area contributed by atoms with Crippen molar-refractivity contribution in [2.24, 2.45) is 0 Å². The fraction of sp³-hybridized carbons (Fsp3) is 0.364. The minimum Gasteiger partial charge on any atom is -0.351 e. The molecular weight excluding hydrogens is 212 g/mol. The number of halogens is 1. The summed E-state index contributed by atoms with van der Waals surface area (Å²) in [5.41, 5.74) is 0.526. The summed E-state index contributed by atoms with van der Waals surface area (Å²) in [5, 5.41) is 3.29. The van der Waals surface area contributed by atoms with Gasteiger partial charge in [0, 0.05) is 13.1 Å². The number of rotatable bonds is 4. The smallest absolute Gasteiger partial charge is 0.252 e. The SMILES string of the molecule is CN(C)CCNC(=O)c1ccccc1Cl. The Bertz CT molecular complexity index is 339.